The monoisotopic (exact) mass is 589 g/mol. The van der Waals surface area contributed by atoms with Crippen molar-refractivity contribution in [2.45, 2.75) is 19.3 Å². The summed E-state index contributed by atoms with van der Waals surface area (Å²) < 4.78 is 3.58. The molecule has 0 amide bonds. The predicted octanol–water partition coefficient (Wildman–Crippen LogP) is 11.2. The van der Waals surface area contributed by atoms with Gasteiger partial charge in [0.25, 0.3) is 0 Å². The van der Waals surface area contributed by atoms with Crippen LogP contribution in [0.1, 0.15) is 25.0 Å². The Bertz CT molecular complexity index is 2130. The normalized spacial score (nSPS) is 13.4. The minimum Gasteiger partial charge on any atom is -0.309 e. The SMILES string of the molecule is CC1(C)c2ccccc2-c2cccc(-n3c4ccccc4c4cc(-c5cccc(-c6ccc(Br)cc6)c5)ccc43)c21. The van der Waals surface area contributed by atoms with Gasteiger partial charge in [0.05, 0.1) is 16.7 Å². The lowest BCUT2D eigenvalue weighted by Gasteiger charge is -2.25. The van der Waals surface area contributed by atoms with E-state index in [1.54, 1.807) is 0 Å². The number of para-hydroxylation sites is 1. The van der Waals surface area contributed by atoms with E-state index in [0.717, 1.165) is 4.47 Å². The lowest BCUT2D eigenvalue weighted by molar-refractivity contribution is 0.656. The van der Waals surface area contributed by atoms with Gasteiger partial charge in [-0.3, -0.25) is 0 Å². The van der Waals surface area contributed by atoms with Gasteiger partial charge in [-0.05, 0) is 87.0 Å². The van der Waals surface area contributed by atoms with Crippen molar-refractivity contribution in [1.82, 2.24) is 4.57 Å². The number of benzene rings is 6. The first-order chi connectivity index (χ1) is 20.0. The largest absolute Gasteiger partial charge is 0.309 e. The van der Waals surface area contributed by atoms with Crippen molar-refractivity contribution in [1.29, 1.82) is 0 Å². The maximum Gasteiger partial charge on any atom is 0.0541 e. The number of hydrogen-bond donors (Lipinski definition) is 0. The van der Waals surface area contributed by atoms with Crippen molar-refractivity contribution in [3.8, 4) is 39.1 Å². The van der Waals surface area contributed by atoms with Crippen molar-refractivity contribution in [3.63, 3.8) is 0 Å². The fraction of sp³-hybridized carbons (Fsp3) is 0.0769. The highest BCUT2D eigenvalue weighted by Gasteiger charge is 2.37. The summed E-state index contributed by atoms with van der Waals surface area (Å²) in [6, 6.07) is 48.9. The predicted molar refractivity (Wildman–Crippen MR) is 177 cm³/mol. The Kier molecular flexibility index (Phi) is 5.39. The number of rotatable bonds is 3. The Morgan fingerprint density at radius 3 is 2.00 bits per heavy atom. The minimum absolute atomic E-state index is 0.0897. The molecule has 2 heteroatoms. The topological polar surface area (TPSA) is 4.93 Å². The molecule has 0 fully saturated rings. The zero-order chi connectivity index (χ0) is 27.7. The Morgan fingerprint density at radius 1 is 0.512 bits per heavy atom. The van der Waals surface area contributed by atoms with Gasteiger partial charge in [0, 0.05) is 20.7 Å². The minimum atomic E-state index is -0.0897. The molecule has 0 bridgehead atoms. The van der Waals surface area contributed by atoms with Crippen LogP contribution in [0.15, 0.2) is 138 Å². The third kappa shape index (κ3) is 3.67. The van der Waals surface area contributed by atoms with Crippen molar-refractivity contribution < 1.29 is 0 Å². The van der Waals surface area contributed by atoms with Crippen molar-refractivity contribution in [3.05, 3.63) is 149 Å². The number of halogens is 1. The fourth-order valence-electron chi connectivity index (χ4n) is 6.94. The molecular formula is C39H28BrN. The first-order valence-corrected chi connectivity index (χ1v) is 14.9. The molecule has 0 unspecified atom stereocenters. The van der Waals surface area contributed by atoms with Gasteiger partial charge >= 0.3 is 0 Å². The van der Waals surface area contributed by atoms with Crippen LogP contribution in [-0.4, -0.2) is 4.57 Å². The number of aromatic nitrogens is 1. The van der Waals surface area contributed by atoms with E-state index >= 15 is 0 Å². The van der Waals surface area contributed by atoms with E-state index in [9.17, 15) is 0 Å². The van der Waals surface area contributed by atoms with Gasteiger partial charge < -0.3 is 4.57 Å². The second-order valence-corrected chi connectivity index (χ2v) is 12.5. The molecule has 0 N–H and O–H groups in total. The Balaban J connectivity index is 1.34. The summed E-state index contributed by atoms with van der Waals surface area (Å²) in [5.41, 5.74) is 14.0. The van der Waals surface area contributed by atoms with Gasteiger partial charge in [-0.1, -0.05) is 121 Å². The van der Waals surface area contributed by atoms with Crippen molar-refractivity contribution >= 4 is 37.7 Å². The van der Waals surface area contributed by atoms with Crippen LogP contribution in [0.25, 0.3) is 60.9 Å². The van der Waals surface area contributed by atoms with Gasteiger partial charge in [-0.25, -0.2) is 0 Å². The molecule has 1 aliphatic carbocycles. The van der Waals surface area contributed by atoms with E-state index in [4.69, 9.17) is 0 Å². The number of fused-ring (bicyclic) bond motifs is 6. The molecule has 8 rings (SSSR count). The molecule has 0 atom stereocenters. The molecule has 6 aromatic carbocycles. The average Bonchev–Trinajstić information content (AvgIpc) is 3.46. The second kappa shape index (κ2) is 9.06. The quantitative estimate of drug-likeness (QED) is 0.193. The van der Waals surface area contributed by atoms with Crippen LogP contribution in [-0.2, 0) is 5.41 Å². The lowest BCUT2D eigenvalue weighted by Crippen LogP contribution is -2.17. The molecule has 0 aliphatic heterocycles. The van der Waals surface area contributed by atoms with Crippen LogP contribution in [0.2, 0.25) is 0 Å². The summed E-state index contributed by atoms with van der Waals surface area (Å²) in [6.07, 6.45) is 0. The Hall–Kier alpha value is -4.40. The maximum absolute atomic E-state index is 3.56. The van der Waals surface area contributed by atoms with Gasteiger partial charge in [0.2, 0.25) is 0 Å². The molecule has 41 heavy (non-hydrogen) atoms. The van der Waals surface area contributed by atoms with Crippen LogP contribution in [0.4, 0.5) is 0 Å². The van der Waals surface area contributed by atoms with Crippen molar-refractivity contribution in [2.24, 2.45) is 0 Å². The molecule has 7 aromatic rings. The van der Waals surface area contributed by atoms with Gasteiger partial charge in [0.1, 0.15) is 0 Å². The van der Waals surface area contributed by atoms with Gasteiger partial charge in [0.15, 0.2) is 0 Å². The lowest BCUT2D eigenvalue weighted by atomic mass is 9.81. The Morgan fingerprint density at radius 2 is 1.15 bits per heavy atom. The molecule has 1 nitrogen and oxygen atoms in total. The second-order valence-electron chi connectivity index (χ2n) is 11.5. The van der Waals surface area contributed by atoms with Crippen LogP contribution >= 0.6 is 15.9 Å². The van der Waals surface area contributed by atoms with Gasteiger partial charge in [-0.2, -0.15) is 0 Å². The van der Waals surface area contributed by atoms with E-state index in [-0.39, 0.29) is 5.41 Å². The van der Waals surface area contributed by atoms with Crippen LogP contribution < -0.4 is 0 Å². The molecule has 0 spiro atoms. The summed E-state index contributed by atoms with van der Waals surface area (Å²) in [5.74, 6) is 0. The fourth-order valence-corrected chi connectivity index (χ4v) is 7.20. The van der Waals surface area contributed by atoms with Crippen LogP contribution in [0, 0.1) is 0 Å². The highest BCUT2D eigenvalue weighted by Crippen LogP contribution is 2.51. The van der Waals surface area contributed by atoms with Crippen LogP contribution in [0.5, 0.6) is 0 Å². The highest BCUT2D eigenvalue weighted by atomic mass is 79.9. The Labute approximate surface area is 248 Å². The molecule has 0 radical (unpaired) electrons. The first-order valence-electron chi connectivity index (χ1n) is 14.1. The molecular weight excluding hydrogens is 562 g/mol. The molecule has 1 aliphatic rings. The van der Waals surface area contributed by atoms with E-state index < -0.39 is 0 Å². The average molecular weight is 591 g/mol. The van der Waals surface area contributed by atoms with Crippen molar-refractivity contribution in [2.75, 3.05) is 0 Å². The maximum atomic E-state index is 3.56. The summed E-state index contributed by atoms with van der Waals surface area (Å²) >= 11 is 3.56. The van der Waals surface area contributed by atoms with E-state index in [1.807, 2.05) is 0 Å². The summed E-state index contributed by atoms with van der Waals surface area (Å²) in [7, 11) is 0. The van der Waals surface area contributed by atoms with Crippen LogP contribution in [0.3, 0.4) is 0 Å². The van der Waals surface area contributed by atoms with E-state index in [2.05, 4.69) is 168 Å². The molecule has 196 valence electrons. The van der Waals surface area contributed by atoms with E-state index in [1.165, 1.54) is 72.0 Å². The third-order valence-corrected chi connectivity index (χ3v) is 9.37. The number of hydrogen-bond acceptors (Lipinski definition) is 0. The zero-order valence-corrected chi connectivity index (χ0v) is 24.6. The highest BCUT2D eigenvalue weighted by molar-refractivity contribution is 9.10. The molecule has 0 saturated heterocycles. The molecule has 1 aromatic heterocycles. The van der Waals surface area contributed by atoms with Gasteiger partial charge in [-0.15, -0.1) is 0 Å². The summed E-state index contributed by atoms with van der Waals surface area (Å²) in [5, 5.41) is 2.55. The number of nitrogens with zero attached hydrogens (tertiary/aromatic N) is 1. The zero-order valence-electron chi connectivity index (χ0n) is 23.0. The summed E-state index contributed by atoms with van der Waals surface area (Å²) in [6.45, 7) is 4.73. The van der Waals surface area contributed by atoms with E-state index in [0.29, 0.717) is 0 Å². The molecule has 1 heterocycles. The first kappa shape index (κ1) is 24.4. The standard InChI is InChI=1S/C39H28BrN/c1-39(2)34-14-5-3-11-30(34)32-13-8-16-37(38(32)39)41-35-15-6-4-12-31(35)33-24-28(19-22-36(33)41)27-10-7-9-26(23-27)25-17-20-29(40)21-18-25/h3-24H,1-2H3. The molecule has 0 saturated carbocycles. The summed E-state index contributed by atoms with van der Waals surface area (Å²) in [4.78, 5) is 0. The smallest absolute Gasteiger partial charge is 0.0541 e. The third-order valence-electron chi connectivity index (χ3n) is 8.84.